The van der Waals surface area contributed by atoms with E-state index in [0.29, 0.717) is 20.8 Å². The van der Waals surface area contributed by atoms with Gasteiger partial charge in [-0.05, 0) is 86.9 Å². The first-order chi connectivity index (χ1) is 17.5. The number of fused-ring (bicyclic) bond motifs is 1. The van der Waals surface area contributed by atoms with Crippen LogP contribution in [0.2, 0.25) is 5.02 Å². The van der Waals surface area contributed by atoms with Crippen molar-refractivity contribution in [3.05, 3.63) is 91.5 Å². The first kappa shape index (κ1) is 27.9. The number of nitrogens with zero attached hydrogens (tertiary/aromatic N) is 2. The Hall–Kier alpha value is -2.16. The summed E-state index contributed by atoms with van der Waals surface area (Å²) in [4.78, 5) is 30.0. The van der Waals surface area contributed by atoms with Crippen LogP contribution in [-0.2, 0) is 9.53 Å². The van der Waals surface area contributed by atoms with Crippen LogP contribution in [0.25, 0.3) is 6.08 Å². The molecule has 1 atom stereocenters. The second kappa shape index (κ2) is 10.9. The van der Waals surface area contributed by atoms with Gasteiger partial charge < -0.3 is 9.47 Å². The number of methoxy groups -OCH3 is 1. The van der Waals surface area contributed by atoms with Gasteiger partial charge in [0.2, 0.25) is 0 Å². The minimum absolute atomic E-state index is 0.136. The molecule has 1 aromatic heterocycles. The monoisotopic (exact) mass is 726 g/mol. The van der Waals surface area contributed by atoms with Crippen molar-refractivity contribution in [1.82, 2.24) is 4.57 Å². The molecule has 0 saturated heterocycles. The highest BCUT2D eigenvalue weighted by Gasteiger charge is 2.45. The number of esters is 1. The van der Waals surface area contributed by atoms with Crippen molar-refractivity contribution in [2.24, 2.45) is 4.99 Å². The standard InChI is InChI=1S/C24H16BrClF3IN2O4S/c1-3-36-22(34)17-18(12-4-6-13(26)7-5-12)32-21(33)16(37-23(32)31-20(17)24(27,28)29)10-11-8-14(25)19(35-2)15(30)9-11/h4-10,18H,3H2,1-2H3/b16-10-/t18-/m0/s1. The summed E-state index contributed by atoms with van der Waals surface area (Å²) in [5.41, 5.74) is -1.91. The number of halogens is 6. The second-order valence-corrected chi connectivity index (χ2v) is 11.1. The van der Waals surface area contributed by atoms with Gasteiger partial charge in [0.15, 0.2) is 10.5 Å². The highest BCUT2D eigenvalue weighted by Crippen LogP contribution is 2.38. The smallest absolute Gasteiger partial charge is 0.434 e. The van der Waals surface area contributed by atoms with E-state index >= 15 is 0 Å². The van der Waals surface area contributed by atoms with Crippen LogP contribution in [-0.4, -0.2) is 30.4 Å². The van der Waals surface area contributed by atoms with Gasteiger partial charge in [-0.3, -0.25) is 9.36 Å². The van der Waals surface area contributed by atoms with Gasteiger partial charge in [-0.2, -0.15) is 13.2 Å². The number of aromatic nitrogens is 1. The molecule has 0 radical (unpaired) electrons. The topological polar surface area (TPSA) is 69.9 Å². The Morgan fingerprint density at radius 3 is 2.54 bits per heavy atom. The number of allylic oxidation sites excluding steroid dienone is 1. The molecule has 0 unspecified atom stereocenters. The van der Waals surface area contributed by atoms with E-state index in [0.717, 1.165) is 19.5 Å². The molecule has 4 rings (SSSR count). The van der Waals surface area contributed by atoms with Gasteiger partial charge in [0.25, 0.3) is 5.56 Å². The number of hydrogen-bond donors (Lipinski definition) is 0. The predicted octanol–water partition coefficient (Wildman–Crippen LogP) is 5.37. The van der Waals surface area contributed by atoms with E-state index in [1.54, 1.807) is 18.2 Å². The lowest BCUT2D eigenvalue weighted by Gasteiger charge is -2.26. The molecular formula is C24H16BrClF3IN2O4S. The second-order valence-electron chi connectivity index (χ2n) is 7.63. The molecule has 194 valence electrons. The molecule has 0 N–H and O–H groups in total. The third-order valence-electron chi connectivity index (χ3n) is 5.30. The third-order valence-corrected chi connectivity index (χ3v) is 7.93. The lowest BCUT2D eigenvalue weighted by molar-refractivity contribution is -0.140. The van der Waals surface area contributed by atoms with Crippen molar-refractivity contribution in [3.63, 3.8) is 0 Å². The number of ether oxygens (including phenoxy) is 2. The molecule has 6 nitrogen and oxygen atoms in total. The molecule has 0 aliphatic carbocycles. The van der Waals surface area contributed by atoms with Crippen molar-refractivity contribution in [2.75, 3.05) is 13.7 Å². The lowest BCUT2D eigenvalue weighted by atomic mass is 9.95. The van der Waals surface area contributed by atoms with Gasteiger partial charge in [0, 0.05) is 5.02 Å². The predicted molar refractivity (Wildman–Crippen MR) is 146 cm³/mol. The highest BCUT2D eigenvalue weighted by atomic mass is 127. The Morgan fingerprint density at radius 1 is 1.30 bits per heavy atom. The van der Waals surface area contributed by atoms with Crippen molar-refractivity contribution in [1.29, 1.82) is 0 Å². The van der Waals surface area contributed by atoms with Crippen LogP contribution in [0.1, 0.15) is 24.1 Å². The van der Waals surface area contributed by atoms with Gasteiger partial charge in [0.05, 0.1) is 37.9 Å². The number of thiazole rings is 1. The summed E-state index contributed by atoms with van der Waals surface area (Å²) in [6.45, 7) is 1.32. The minimum Gasteiger partial charge on any atom is -0.494 e. The van der Waals surface area contributed by atoms with Crippen LogP contribution < -0.4 is 19.6 Å². The summed E-state index contributed by atoms with van der Waals surface area (Å²) in [5.74, 6) is -0.600. The Kier molecular flexibility index (Phi) is 8.22. The van der Waals surface area contributed by atoms with Gasteiger partial charge in [0.1, 0.15) is 5.75 Å². The highest BCUT2D eigenvalue weighted by molar-refractivity contribution is 14.1. The summed E-state index contributed by atoms with van der Waals surface area (Å²) in [6.07, 6.45) is -3.42. The average Bonchev–Trinajstić information content (AvgIpc) is 3.13. The number of hydrogen-bond acceptors (Lipinski definition) is 6. The van der Waals surface area contributed by atoms with Crippen LogP contribution in [0.4, 0.5) is 13.2 Å². The Bertz CT molecular complexity index is 1580. The quantitative estimate of drug-likeness (QED) is 0.262. The third kappa shape index (κ3) is 5.52. The maximum Gasteiger partial charge on any atom is 0.434 e. The molecule has 0 spiro atoms. The maximum atomic E-state index is 14.2. The fourth-order valence-electron chi connectivity index (χ4n) is 3.81. The van der Waals surface area contributed by atoms with E-state index in [-0.39, 0.29) is 21.5 Å². The molecule has 0 fully saturated rings. The fraction of sp³-hybridized carbons (Fsp3) is 0.208. The molecule has 0 amide bonds. The SMILES string of the molecule is CCOC(=O)C1=C(C(F)(F)F)N=c2s/c(=C\c3cc(Br)c(OC)c(I)c3)c(=O)n2[C@H]1c1ccc(Cl)cc1. The molecule has 37 heavy (non-hydrogen) atoms. The fourth-order valence-corrected chi connectivity index (χ4v) is 6.82. The summed E-state index contributed by atoms with van der Waals surface area (Å²) in [5, 5.41) is 0.341. The van der Waals surface area contributed by atoms with Crippen molar-refractivity contribution in [3.8, 4) is 5.75 Å². The average molecular weight is 728 g/mol. The van der Waals surface area contributed by atoms with E-state index in [4.69, 9.17) is 21.1 Å². The van der Waals surface area contributed by atoms with Crippen LogP contribution in [0.3, 0.4) is 0 Å². The van der Waals surface area contributed by atoms with Crippen LogP contribution in [0.15, 0.2) is 61.9 Å². The zero-order valence-electron chi connectivity index (χ0n) is 19.0. The number of alkyl halides is 3. The van der Waals surface area contributed by atoms with E-state index < -0.39 is 35.0 Å². The first-order valence-electron chi connectivity index (χ1n) is 10.5. The normalized spacial score (nSPS) is 15.9. The molecule has 2 heterocycles. The first-order valence-corrected chi connectivity index (χ1v) is 13.6. The number of rotatable bonds is 5. The summed E-state index contributed by atoms with van der Waals surface area (Å²) in [6, 6.07) is 7.94. The van der Waals surface area contributed by atoms with Crippen LogP contribution >= 0.6 is 61.5 Å². The number of benzene rings is 2. The van der Waals surface area contributed by atoms with Crippen LogP contribution in [0, 0.1) is 3.57 Å². The molecule has 13 heteroatoms. The summed E-state index contributed by atoms with van der Waals surface area (Å²) >= 11 is 12.3. The van der Waals surface area contributed by atoms with Gasteiger partial charge in [-0.1, -0.05) is 35.1 Å². The number of carbonyl (C=O) groups excluding carboxylic acids is 1. The molecule has 1 aliphatic heterocycles. The molecule has 0 bridgehead atoms. The zero-order chi connectivity index (χ0) is 27.1. The van der Waals surface area contributed by atoms with Crippen molar-refractivity contribution in [2.45, 2.75) is 19.1 Å². The van der Waals surface area contributed by atoms with E-state index in [1.165, 1.54) is 38.3 Å². The Labute approximate surface area is 239 Å². The summed E-state index contributed by atoms with van der Waals surface area (Å²) in [7, 11) is 1.52. The van der Waals surface area contributed by atoms with E-state index in [2.05, 4.69) is 43.5 Å². The van der Waals surface area contributed by atoms with Gasteiger partial charge in [-0.25, -0.2) is 9.79 Å². The lowest BCUT2D eigenvalue weighted by Crippen LogP contribution is -2.41. The van der Waals surface area contributed by atoms with Gasteiger partial charge in [-0.15, -0.1) is 0 Å². The van der Waals surface area contributed by atoms with E-state index in [1.807, 2.05) is 0 Å². The summed E-state index contributed by atoms with van der Waals surface area (Å²) < 4.78 is 55.4. The Balaban J connectivity index is 2.03. The molecule has 3 aromatic rings. The molecule has 1 aliphatic rings. The largest absolute Gasteiger partial charge is 0.494 e. The Morgan fingerprint density at radius 2 is 1.97 bits per heavy atom. The molecule has 2 aromatic carbocycles. The van der Waals surface area contributed by atoms with Crippen molar-refractivity contribution < 1.29 is 27.4 Å². The zero-order valence-corrected chi connectivity index (χ0v) is 24.3. The molecular weight excluding hydrogens is 712 g/mol. The van der Waals surface area contributed by atoms with Crippen LogP contribution in [0.5, 0.6) is 5.75 Å². The molecule has 0 saturated carbocycles. The minimum atomic E-state index is -4.97. The number of carbonyl (C=O) groups is 1. The van der Waals surface area contributed by atoms with Gasteiger partial charge >= 0.3 is 12.1 Å². The van der Waals surface area contributed by atoms with Crippen molar-refractivity contribution >= 4 is 73.5 Å². The maximum absolute atomic E-state index is 14.2. The van der Waals surface area contributed by atoms with E-state index in [9.17, 15) is 22.8 Å².